The van der Waals surface area contributed by atoms with E-state index in [-0.39, 0.29) is 12.2 Å². The largest absolute Gasteiger partial charge is 0.493 e. The molecule has 0 spiro atoms. The molecule has 0 radical (unpaired) electrons. The lowest BCUT2D eigenvalue weighted by atomic mass is 9.96. The van der Waals surface area contributed by atoms with E-state index in [1.165, 1.54) is 0 Å². The molecule has 0 aliphatic heterocycles. The summed E-state index contributed by atoms with van der Waals surface area (Å²) in [6.07, 6.45) is 6.74. The standard InChI is InChI=1S/C22H30INO4/c1-7-15-10-8-9-11-17(15)27-20-18(26-6)13-12-16(19(20)23)14-24(5)21(25)28-22(2,3)4/h7,10,12-13,17H,1,8-9,11,14H2,2-6H3/t17-/m0/s1. The van der Waals surface area contributed by atoms with Crippen LogP contribution in [0.15, 0.2) is 36.4 Å². The third-order valence-electron chi connectivity index (χ3n) is 4.39. The Labute approximate surface area is 181 Å². The zero-order valence-electron chi connectivity index (χ0n) is 17.4. The van der Waals surface area contributed by atoms with Crippen LogP contribution in [0.4, 0.5) is 4.79 Å². The van der Waals surface area contributed by atoms with Gasteiger partial charge in [-0.1, -0.05) is 24.8 Å². The maximum atomic E-state index is 12.3. The van der Waals surface area contributed by atoms with Crippen LogP contribution in [0.3, 0.4) is 0 Å². The van der Waals surface area contributed by atoms with Crippen molar-refractivity contribution in [1.82, 2.24) is 4.90 Å². The second-order valence-electron chi connectivity index (χ2n) is 7.85. The Morgan fingerprint density at radius 2 is 2.11 bits per heavy atom. The minimum absolute atomic E-state index is 0.0347. The van der Waals surface area contributed by atoms with Gasteiger partial charge in [0, 0.05) is 13.6 Å². The van der Waals surface area contributed by atoms with E-state index in [0.717, 1.165) is 34.0 Å². The number of amides is 1. The van der Waals surface area contributed by atoms with E-state index < -0.39 is 5.60 Å². The first-order valence-electron chi connectivity index (χ1n) is 9.45. The molecule has 2 rings (SSSR count). The summed E-state index contributed by atoms with van der Waals surface area (Å²) in [5, 5.41) is 0. The van der Waals surface area contributed by atoms with Crippen molar-refractivity contribution in [2.24, 2.45) is 0 Å². The fourth-order valence-corrected chi connectivity index (χ4v) is 3.73. The highest BCUT2D eigenvalue weighted by Crippen LogP contribution is 2.38. The van der Waals surface area contributed by atoms with Crippen LogP contribution in [0.2, 0.25) is 0 Å². The van der Waals surface area contributed by atoms with Gasteiger partial charge in [-0.25, -0.2) is 4.79 Å². The molecular weight excluding hydrogens is 469 g/mol. The molecule has 1 aliphatic rings. The number of ether oxygens (including phenoxy) is 3. The zero-order valence-corrected chi connectivity index (χ0v) is 19.5. The van der Waals surface area contributed by atoms with Gasteiger partial charge in [-0.05, 0) is 79.8 Å². The maximum absolute atomic E-state index is 12.3. The minimum atomic E-state index is -0.527. The van der Waals surface area contributed by atoms with Crippen LogP contribution in [0.1, 0.15) is 45.6 Å². The number of methoxy groups -OCH3 is 1. The fraction of sp³-hybridized carbons (Fsp3) is 0.500. The summed E-state index contributed by atoms with van der Waals surface area (Å²) < 4.78 is 18.3. The van der Waals surface area contributed by atoms with Gasteiger partial charge in [0.15, 0.2) is 11.5 Å². The monoisotopic (exact) mass is 499 g/mol. The van der Waals surface area contributed by atoms with E-state index in [9.17, 15) is 4.79 Å². The summed E-state index contributed by atoms with van der Waals surface area (Å²) in [6, 6.07) is 3.84. The molecule has 5 nitrogen and oxygen atoms in total. The topological polar surface area (TPSA) is 48.0 Å². The van der Waals surface area contributed by atoms with Crippen LogP contribution >= 0.6 is 22.6 Å². The Hall–Kier alpha value is -1.70. The number of carbonyl (C=O) groups is 1. The quantitative estimate of drug-likeness (QED) is 0.471. The van der Waals surface area contributed by atoms with Crippen LogP contribution in [0.5, 0.6) is 11.5 Å². The van der Waals surface area contributed by atoms with Crippen molar-refractivity contribution < 1.29 is 19.0 Å². The van der Waals surface area contributed by atoms with Gasteiger partial charge < -0.3 is 19.1 Å². The molecule has 1 aromatic rings. The van der Waals surface area contributed by atoms with Crippen molar-refractivity contribution >= 4 is 28.7 Å². The Morgan fingerprint density at radius 1 is 1.39 bits per heavy atom. The molecule has 1 atom stereocenters. The van der Waals surface area contributed by atoms with Crippen LogP contribution in [-0.2, 0) is 11.3 Å². The number of benzene rings is 1. The minimum Gasteiger partial charge on any atom is -0.493 e. The zero-order chi connectivity index (χ0) is 20.9. The first kappa shape index (κ1) is 22.6. The summed E-state index contributed by atoms with van der Waals surface area (Å²) >= 11 is 2.26. The van der Waals surface area contributed by atoms with Crippen molar-refractivity contribution in [3.63, 3.8) is 0 Å². The van der Waals surface area contributed by atoms with Crippen molar-refractivity contribution in [2.75, 3.05) is 14.2 Å². The van der Waals surface area contributed by atoms with Gasteiger partial charge in [0.2, 0.25) is 0 Å². The van der Waals surface area contributed by atoms with E-state index in [0.29, 0.717) is 18.0 Å². The van der Waals surface area contributed by atoms with E-state index >= 15 is 0 Å². The predicted octanol–water partition coefficient (Wildman–Crippen LogP) is 5.71. The Morgan fingerprint density at radius 3 is 2.71 bits per heavy atom. The fourth-order valence-electron chi connectivity index (χ4n) is 2.99. The number of hydrogen-bond donors (Lipinski definition) is 0. The number of halogens is 1. The van der Waals surface area contributed by atoms with E-state index in [2.05, 4.69) is 35.2 Å². The average molecular weight is 499 g/mol. The lowest BCUT2D eigenvalue weighted by molar-refractivity contribution is 0.0284. The summed E-state index contributed by atoms with van der Waals surface area (Å²) in [6.45, 7) is 9.90. The summed E-state index contributed by atoms with van der Waals surface area (Å²) in [5.74, 6) is 1.39. The molecule has 1 amide bonds. The third-order valence-corrected chi connectivity index (χ3v) is 5.57. The lowest BCUT2D eigenvalue weighted by Gasteiger charge is -2.27. The average Bonchev–Trinajstić information content (AvgIpc) is 2.64. The van der Waals surface area contributed by atoms with Crippen LogP contribution in [0.25, 0.3) is 0 Å². The normalized spacial score (nSPS) is 16.8. The second kappa shape index (κ2) is 9.67. The van der Waals surface area contributed by atoms with Crippen LogP contribution < -0.4 is 9.47 Å². The van der Waals surface area contributed by atoms with Crippen LogP contribution in [-0.4, -0.2) is 36.9 Å². The van der Waals surface area contributed by atoms with Crippen molar-refractivity contribution in [2.45, 2.75) is 58.3 Å². The highest BCUT2D eigenvalue weighted by molar-refractivity contribution is 14.1. The molecule has 0 N–H and O–H groups in total. The smallest absolute Gasteiger partial charge is 0.410 e. The van der Waals surface area contributed by atoms with Gasteiger partial charge in [0.1, 0.15) is 11.7 Å². The Kier molecular flexibility index (Phi) is 7.80. The molecule has 0 heterocycles. The molecule has 0 saturated heterocycles. The maximum Gasteiger partial charge on any atom is 0.410 e. The SMILES string of the molecule is C=CC1=CCCC[C@@H]1Oc1c(OC)ccc(CN(C)C(=O)OC(C)(C)C)c1I. The van der Waals surface area contributed by atoms with Crippen LogP contribution in [0, 0.1) is 3.57 Å². The van der Waals surface area contributed by atoms with Gasteiger partial charge in [0.05, 0.1) is 10.7 Å². The second-order valence-corrected chi connectivity index (χ2v) is 8.93. The van der Waals surface area contributed by atoms with Gasteiger partial charge in [0.25, 0.3) is 0 Å². The summed E-state index contributed by atoms with van der Waals surface area (Å²) in [7, 11) is 3.37. The van der Waals surface area contributed by atoms with Gasteiger partial charge in [-0.2, -0.15) is 0 Å². The first-order chi connectivity index (χ1) is 13.2. The first-order valence-corrected chi connectivity index (χ1v) is 10.5. The van der Waals surface area contributed by atoms with Gasteiger partial charge in [-0.3, -0.25) is 0 Å². The van der Waals surface area contributed by atoms with Crippen molar-refractivity contribution in [3.05, 3.63) is 45.6 Å². The van der Waals surface area contributed by atoms with E-state index in [1.54, 1.807) is 19.1 Å². The third kappa shape index (κ3) is 5.90. The molecule has 0 bridgehead atoms. The summed E-state index contributed by atoms with van der Waals surface area (Å²) in [4.78, 5) is 13.9. The Balaban J connectivity index is 2.25. The number of nitrogens with zero attached hydrogens (tertiary/aromatic N) is 1. The van der Waals surface area contributed by atoms with E-state index in [1.807, 2.05) is 39.0 Å². The van der Waals surface area contributed by atoms with Crippen molar-refractivity contribution in [3.8, 4) is 11.5 Å². The number of hydrogen-bond acceptors (Lipinski definition) is 4. The molecule has 0 unspecified atom stereocenters. The number of allylic oxidation sites excluding steroid dienone is 1. The molecule has 6 heteroatoms. The van der Waals surface area contributed by atoms with Gasteiger partial charge in [-0.15, -0.1) is 0 Å². The summed E-state index contributed by atoms with van der Waals surface area (Å²) in [5.41, 5.74) is 1.56. The van der Waals surface area contributed by atoms with Crippen molar-refractivity contribution in [1.29, 1.82) is 0 Å². The molecule has 0 aromatic heterocycles. The molecular formula is C22H30INO4. The van der Waals surface area contributed by atoms with E-state index in [4.69, 9.17) is 14.2 Å². The number of carbonyl (C=O) groups excluding carboxylic acids is 1. The molecule has 154 valence electrons. The molecule has 28 heavy (non-hydrogen) atoms. The highest BCUT2D eigenvalue weighted by atomic mass is 127. The molecule has 1 aliphatic carbocycles. The molecule has 0 fully saturated rings. The van der Waals surface area contributed by atoms with Gasteiger partial charge >= 0.3 is 6.09 Å². The molecule has 0 saturated carbocycles. The Bertz CT molecular complexity index is 752. The number of rotatable bonds is 6. The highest BCUT2D eigenvalue weighted by Gasteiger charge is 2.24. The lowest BCUT2D eigenvalue weighted by Crippen LogP contribution is -2.34. The molecule has 1 aromatic carbocycles. The predicted molar refractivity (Wildman–Crippen MR) is 120 cm³/mol.